The first-order valence-electron chi connectivity index (χ1n) is 7.92. The molecular weight excluding hydrogens is 417 g/mol. The number of hydrogen-bond donors (Lipinski definition) is 1. The predicted molar refractivity (Wildman–Crippen MR) is 102 cm³/mol. The lowest BCUT2D eigenvalue weighted by Gasteiger charge is -2.21. The van der Waals surface area contributed by atoms with Crippen LogP contribution >= 0.6 is 22.6 Å². The van der Waals surface area contributed by atoms with Gasteiger partial charge in [0, 0.05) is 29.9 Å². The van der Waals surface area contributed by atoms with Crippen LogP contribution in [-0.4, -0.2) is 29.7 Å². The molecule has 0 saturated heterocycles. The van der Waals surface area contributed by atoms with Crippen molar-refractivity contribution in [1.82, 2.24) is 24.5 Å². The Bertz CT molecular complexity index is 917. The fourth-order valence-electron chi connectivity index (χ4n) is 3.04. The van der Waals surface area contributed by atoms with Crippen molar-refractivity contribution in [2.24, 2.45) is 7.05 Å². The lowest BCUT2D eigenvalue weighted by atomic mass is 10.0. The van der Waals surface area contributed by atoms with E-state index in [1.54, 1.807) is 18.5 Å². The minimum Gasteiger partial charge on any atom is -0.384 e. The average molecular weight is 439 g/mol. The minimum absolute atomic E-state index is 0.381. The Morgan fingerprint density at radius 2 is 1.92 bits per heavy atom. The molecule has 0 saturated carbocycles. The summed E-state index contributed by atoms with van der Waals surface area (Å²) >= 11 is 2.27. The Labute approximate surface area is 155 Å². The highest BCUT2D eigenvalue weighted by Gasteiger charge is 2.27. The first-order valence-corrected chi connectivity index (χ1v) is 9.00. The van der Waals surface area contributed by atoms with Crippen molar-refractivity contribution in [3.8, 4) is 5.69 Å². The van der Waals surface area contributed by atoms with Gasteiger partial charge in [-0.1, -0.05) is 13.8 Å². The molecule has 0 spiro atoms. The van der Waals surface area contributed by atoms with Crippen molar-refractivity contribution in [1.29, 1.82) is 0 Å². The first kappa shape index (κ1) is 17.3. The molecule has 0 unspecified atom stereocenters. The number of aryl methyl sites for hydroxylation is 1. The van der Waals surface area contributed by atoms with Crippen LogP contribution < -0.4 is 0 Å². The summed E-state index contributed by atoms with van der Waals surface area (Å²) in [5.74, 6) is 0.381. The summed E-state index contributed by atoms with van der Waals surface area (Å²) in [6.07, 6.45) is 1.92. The molecule has 3 rings (SSSR count). The van der Waals surface area contributed by atoms with Gasteiger partial charge in [-0.3, -0.25) is 4.68 Å². The lowest BCUT2D eigenvalue weighted by molar-refractivity contribution is 0.0739. The second-order valence-corrected chi connectivity index (χ2v) is 8.01. The quantitative estimate of drug-likeness (QED) is 0.636. The molecule has 7 heteroatoms. The number of halogens is 1. The van der Waals surface area contributed by atoms with Crippen molar-refractivity contribution in [3.63, 3.8) is 0 Å². The molecule has 3 aromatic heterocycles. The van der Waals surface area contributed by atoms with Crippen molar-refractivity contribution < 1.29 is 5.11 Å². The first-order chi connectivity index (χ1) is 11.1. The summed E-state index contributed by atoms with van der Waals surface area (Å²) in [4.78, 5) is 4.62. The van der Waals surface area contributed by atoms with Crippen molar-refractivity contribution in [3.05, 3.63) is 32.9 Å². The predicted octanol–water partition coefficient (Wildman–Crippen LogP) is 3.42. The standard InChI is InChI=1S/C17H22IN5O/c1-9(2)13-10(3)23(20-15(13)18)12-7-11-8-22(6)21-16(11)19-14(12)17(4,5)24/h7-9,24H,1-6H3. The third-order valence-corrected chi connectivity index (χ3v) is 4.89. The van der Waals surface area contributed by atoms with Gasteiger partial charge in [0.05, 0.1) is 11.4 Å². The van der Waals surface area contributed by atoms with E-state index in [1.807, 2.05) is 24.0 Å². The highest BCUT2D eigenvalue weighted by atomic mass is 127. The lowest BCUT2D eigenvalue weighted by Crippen LogP contribution is -2.21. The maximum atomic E-state index is 10.6. The molecule has 0 aliphatic heterocycles. The van der Waals surface area contributed by atoms with Gasteiger partial charge in [0.15, 0.2) is 5.65 Å². The van der Waals surface area contributed by atoms with E-state index in [-0.39, 0.29) is 0 Å². The van der Waals surface area contributed by atoms with Crippen molar-refractivity contribution >= 4 is 33.6 Å². The minimum atomic E-state index is -1.09. The van der Waals surface area contributed by atoms with E-state index in [2.05, 4.69) is 53.4 Å². The summed E-state index contributed by atoms with van der Waals surface area (Å²) in [5.41, 5.74) is 3.20. The molecule has 0 amide bonds. The van der Waals surface area contributed by atoms with Gasteiger partial charge in [-0.05, 0) is 55.3 Å². The van der Waals surface area contributed by atoms with Crippen LogP contribution in [0.15, 0.2) is 12.3 Å². The fourth-order valence-corrected chi connectivity index (χ4v) is 4.27. The zero-order chi connectivity index (χ0) is 17.8. The summed E-state index contributed by atoms with van der Waals surface area (Å²) in [5, 5.41) is 20.6. The summed E-state index contributed by atoms with van der Waals surface area (Å²) < 4.78 is 4.60. The summed E-state index contributed by atoms with van der Waals surface area (Å²) in [6.45, 7) is 9.86. The highest BCUT2D eigenvalue weighted by molar-refractivity contribution is 14.1. The van der Waals surface area contributed by atoms with Crippen molar-refractivity contribution in [2.45, 2.75) is 46.1 Å². The monoisotopic (exact) mass is 439 g/mol. The smallest absolute Gasteiger partial charge is 0.181 e. The van der Waals surface area contributed by atoms with Crippen LogP contribution in [0, 0.1) is 10.6 Å². The molecule has 0 aromatic carbocycles. The van der Waals surface area contributed by atoms with Crippen LogP contribution in [0.4, 0.5) is 0 Å². The second kappa shape index (κ2) is 5.80. The molecule has 0 radical (unpaired) electrons. The van der Waals surface area contributed by atoms with E-state index in [1.165, 1.54) is 5.56 Å². The molecular formula is C17H22IN5O. The number of aliphatic hydroxyl groups is 1. The Morgan fingerprint density at radius 3 is 2.46 bits per heavy atom. The third kappa shape index (κ3) is 2.83. The Kier molecular flexibility index (Phi) is 4.19. The van der Waals surface area contributed by atoms with Gasteiger partial charge < -0.3 is 5.11 Å². The number of nitrogens with zero attached hydrogens (tertiary/aromatic N) is 5. The molecule has 0 aliphatic rings. The van der Waals surface area contributed by atoms with Gasteiger partial charge in [0.2, 0.25) is 0 Å². The summed E-state index contributed by atoms with van der Waals surface area (Å²) in [7, 11) is 1.87. The number of hydrogen-bond acceptors (Lipinski definition) is 4. The fraction of sp³-hybridized carbons (Fsp3) is 0.471. The second-order valence-electron chi connectivity index (χ2n) is 6.99. The average Bonchev–Trinajstić information content (AvgIpc) is 2.94. The van der Waals surface area contributed by atoms with Gasteiger partial charge in [0.25, 0.3) is 0 Å². The largest absolute Gasteiger partial charge is 0.384 e. The van der Waals surface area contributed by atoms with Gasteiger partial charge in [-0.15, -0.1) is 0 Å². The Hall–Kier alpha value is -1.48. The van der Waals surface area contributed by atoms with Gasteiger partial charge in [0.1, 0.15) is 9.30 Å². The van der Waals surface area contributed by atoms with E-state index in [0.29, 0.717) is 17.3 Å². The number of rotatable bonds is 3. The van der Waals surface area contributed by atoms with Gasteiger partial charge in [-0.25, -0.2) is 9.67 Å². The molecule has 0 bridgehead atoms. The van der Waals surface area contributed by atoms with E-state index in [0.717, 1.165) is 20.5 Å². The van der Waals surface area contributed by atoms with E-state index in [4.69, 9.17) is 5.10 Å². The van der Waals surface area contributed by atoms with Crippen LogP contribution in [0.1, 0.15) is 50.6 Å². The maximum absolute atomic E-state index is 10.6. The number of fused-ring (bicyclic) bond motifs is 1. The van der Waals surface area contributed by atoms with Crippen LogP contribution in [0.2, 0.25) is 0 Å². The molecule has 6 nitrogen and oxygen atoms in total. The van der Waals surface area contributed by atoms with E-state index in [9.17, 15) is 5.11 Å². The Balaban J connectivity index is 2.34. The molecule has 3 aromatic rings. The molecule has 24 heavy (non-hydrogen) atoms. The zero-order valence-electron chi connectivity index (χ0n) is 14.8. The van der Waals surface area contributed by atoms with Gasteiger partial charge >= 0.3 is 0 Å². The van der Waals surface area contributed by atoms with Crippen LogP contribution in [0.3, 0.4) is 0 Å². The zero-order valence-corrected chi connectivity index (χ0v) is 17.0. The molecule has 1 N–H and O–H groups in total. The molecule has 0 fully saturated rings. The van der Waals surface area contributed by atoms with Crippen LogP contribution in [-0.2, 0) is 12.6 Å². The normalized spacial score (nSPS) is 12.5. The third-order valence-electron chi connectivity index (χ3n) is 4.09. The number of aromatic nitrogens is 5. The SMILES string of the molecule is Cc1c(C(C)C)c(I)nn1-c1cc2cn(C)nc2nc1C(C)(C)O. The topological polar surface area (TPSA) is 68.8 Å². The molecule has 0 atom stereocenters. The Morgan fingerprint density at radius 1 is 1.25 bits per heavy atom. The molecule has 128 valence electrons. The van der Waals surface area contributed by atoms with E-state index < -0.39 is 5.60 Å². The van der Waals surface area contributed by atoms with Crippen LogP contribution in [0.5, 0.6) is 0 Å². The van der Waals surface area contributed by atoms with Crippen molar-refractivity contribution in [2.75, 3.05) is 0 Å². The number of pyridine rings is 1. The maximum Gasteiger partial charge on any atom is 0.181 e. The van der Waals surface area contributed by atoms with E-state index >= 15 is 0 Å². The summed E-state index contributed by atoms with van der Waals surface area (Å²) in [6, 6.07) is 2.00. The highest BCUT2D eigenvalue weighted by Crippen LogP contribution is 2.32. The molecule has 0 aliphatic carbocycles. The van der Waals surface area contributed by atoms with Gasteiger partial charge in [-0.2, -0.15) is 10.2 Å². The molecule has 3 heterocycles. The van der Waals surface area contributed by atoms with Crippen LogP contribution in [0.25, 0.3) is 16.7 Å².